The molecule has 0 aromatic carbocycles. The number of carbonyl (C=O) groups excluding carboxylic acids is 1. The van der Waals surface area contributed by atoms with Crippen molar-refractivity contribution in [2.45, 2.75) is 12.5 Å². The van der Waals surface area contributed by atoms with Gasteiger partial charge in [0.15, 0.2) is 0 Å². The molecule has 2 saturated heterocycles. The molecule has 1 amide bonds. The Morgan fingerprint density at radius 3 is 3.15 bits per heavy atom. The standard InChI is InChI=1S/C8H14N2O3/c9-5-13-8(11)10-3-6-1-2-12-7(6)4-10/h6-7H,1-5,9H2/t6-,7+/m0/s1. The van der Waals surface area contributed by atoms with Crippen LogP contribution in [-0.4, -0.2) is 43.5 Å². The number of nitrogens with zero attached hydrogens (tertiary/aromatic N) is 1. The maximum atomic E-state index is 11.2. The van der Waals surface area contributed by atoms with Crippen LogP contribution >= 0.6 is 0 Å². The Morgan fingerprint density at radius 1 is 1.62 bits per heavy atom. The van der Waals surface area contributed by atoms with Crippen molar-refractivity contribution in [3.05, 3.63) is 0 Å². The topological polar surface area (TPSA) is 64.8 Å². The van der Waals surface area contributed by atoms with E-state index in [9.17, 15) is 4.79 Å². The van der Waals surface area contributed by atoms with Gasteiger partial charge in [-0.25, -0.2) is 4.79 Å². The van der Waals surface area contributed by atoms with Gasteiger partial charge in [-0.3, -0.25) is 5.73 Å². The molecule has 0 bridgehead atoms. The molecule has 2 aliphatic heterocycles. The zero-order valence-corrected chi connectivity index (χ0v) is 7.44. The number of nitrogens with two attached hydrogens (primary N) is 1. The van der Waals surface area contributed by atoms with E-state index in [0.717, 1.165) is 19.6 Å². The van der Waals surface area contributed by atoms with E-state index in [0.29, 0.717) is 12.5 Å². The molecule has 5 heteroatoms. The maximum Gasteiger partial charge on any atom is 0.411 e. The first kappa shape index (κ1) is 8.77. The zero-order chi connectivity index (χ0) is 9.26. The predicted octanol–water partition coefficient (Wildman–Crippen LogP) is -0.240. The average Bonchev–Trinajstić information content (AvgIpc) is 2.61. The van der Waals surface area contributed by atoms with E-state index >= 15 is 0 Å². The van der Waals surface area contributed by atoms with Gasteiger partial charge in [0.05, 0.1) is 12.6 Å². The maximum absolute atomic E-state index is 11.2. The van der Waals surface area contributed by atoms with Gasteiger partial charge in [-0.05, 0) is 6.42 Å². The first-order valence-electron chi connectivity index (χ1n) is 4.54. The van der Waals surface area contributed by atoms with Crippen LogP contribution < -0.4 is 5.73 Å². The second-order valence-corrected chi connectivity index (χ2v) is 3.44. The van der Waals surface area contributed by atoms with Crippen molar-refractivity contribution in [1.82, 2.24) is 4.90 Å². The number of hydrogen-bond acceptors (Lipinski definition) is 4. The molecule has 2 heterocycles. The summed E-state index contributed by atoms with van der Waals surface area (Å²) in [4.78, 5) is 12.9. The first-order valence-corrected chi connectivity index (χ1v) is 4.54. The van der Waals surface area contributed by atoms with Crippen LogP contribution in [0.2, 0.25) is 0 Å². The minimum Gasteiger partial charge on any atom is -0.434 e. The van der Waals surface area contributed by atoms with Crippen molar-refractivity contribution in [2.75, 3.05) is 26.4 Å². The van der Waals surface area contributed by atoms with E-state index in [1.54, 1.807) is 4.90 Å². The third kappa shape index (κ3) is 1.62. The van der Waals surface area contributed by atoms with E-state index in [4.69, 9.17) is 15.2 Å². The molecule has 0 radical (unpaired) electrons. The molecule has 0 aliphatic carbocycles. The lowest BCUT2D eigenvalue weighted by Gasteiger charge is -2.15. The molecule has 2 N–H and O–H groups in total. The SMILES string of the molecule is NCOC(=O)N1C[C@@H]2CCO[C@@H]2C1. The van der Waals surface area contributed by atoms with E-state index < -0.39 is 0 Å². The molecule has 2 rings (SSSR count). The van der Waals surface area contributed by atoms with E-state index in [1.165, 1.54) is 0 Å². The third-order valence-electron chi connectivity index (χ3n) is 2.67. The number of likely N-dealkylation sites (tertiary alicyclic amines) is 1. The second-order valence-electron chi connectivity index (χ2n) is 3.44. The summed E-state index contributed by atoms with van der Waals surface area (Å²) < 4.78 is 10.2. The van der Waals surface area contributed by atoms with Crippen molar-refractivity contribution in [1.29, 1.82) is 0 Å². The van der Waals surface area contributed by atoms with Crippen LogP contribution in [0.5, 0.6) is 0 Å². The van der Waals surface area contributed by atoms with Gasteiger partial charge < -0.3 is 14.4 Å². The molecule has 74 valence electrons. The smallest absolute Gasteiger partial charge is 0.411 e. The highest BCUT2D eigenvalue weighted by Crippen LogP contribution is 2.28. The van der Waals surface area contributed by atoms with Crippen molar-refractivity contribution in [2.24, 2.45) is 11.7 Å². The van der Waals surface area contributed by atoms with Crippen molar-refractivity contribution in [3.8, 4) is 0 Å². The quantitative estimate of drug-likeness (QED) is 0.574. The highest BCUT2D eigenvalue weighted by molar-refractivity contribution is 5.68. The van der Waals surface area contributed by atoms with Crippen LogP contribution in [0.3, 0.4) is 0 Å². The molecule has 13 heavy (non-hydrogen) atoms. The Hall–Kier alpha value is -0.810. The Morgan fingerprint density at radius 2 is 2.46 bits per heavy atom. The van der Waals surface area contributed by atoms with E-state index in [1.807, 2.05) is 0 Å². The second kappa shape index (κ2) is 3.51. The van der Waals surface area contributed by atoms with Gasteiger partial charge >= 0.3 is 6.09 Å². The Balaban J connectivity index is 1.87. The Labute approximate surface area is 76.8 Å². The van der Waals surface area contributed by atoms with Crippen LogP contribution in [0.1, 0.15) is 6.42 Å². The summed E-state index contributed by atoms with van der Waals surface area (Å²) in [5, 5.41) is 0. The molecule has 2 fully saturated rings. The monoisotopic (exact) mass is 186 g/mol. The minimum absolute atomic E-state index is 0.0501. The largest absolute Gasteiger partial charge is 0.434 e. The highest BCUT2D eigenvalue weighted by atomic mass is 16.6. The average molecular weight is 186 g/mol. The van der Waals surface area contributed by atoms with Crippen LogP contribution in [0, 0.1) is 5.92 Å². The summed E-state index contributed by atoms with van der Waals surface area (Å²) in [6.07, 6.45) is 0.961. The van der Waals surface area contributed by atoms with Gasteiger partial charge in [0.2, 0.25) is 0 Å². The number of ether oxygens (including phenoxy) is 2. The molecular formula is C8H14N2O3. The highest BCUT2D eigenvalue weighted by Gasteiger charge is 2.39. The van der Waals surface area contributed by atoms with Crippen molar-refractivity contribution < 1.29 is 14.3 Å². The molecule has 0 saturated carbocycles. The molecule has 2 atom stereocenters. The Kier molecular flexibility index (Phi) is 2.37. The molecular weight excluding hydrogens is 172 g/mol. The van der Waals surface area contributed by atoms with E-state index in [-0.39, 0.29) is 18.9 Å². The van der Waals surface area contributed by atoms with Gasteiger partial charge in [-0.1, -0.05) is 0 Å². The molecule has 0 aromatic heterocycles. The van der Waals surface area contributed by atoms with Gasteiger partial charge in [0.1, 0.15) is 6.73 Å². The summed E-state index contributed by atoms with van der Waals surface area (Å²) in [6, 6.07) is 0. The summed E-state index contributed by atoms with van der Waals surface area (Å²) in [5.74, 6) is 0.505. The van der Waals surface area contributed by atoms with Crippen molar-refractivity contribution in [3.63, 3.8) is 0 Å². The number of carbonyl (C=O) groups is 1. The molecule has 0 spiro atoms. The fraction of sp³-hybridized carbons (Fsp3) is 0.875. The summed E-state index contributed by atoms with van der Waals surface area (Å²) >= 11 is 0. The lowest BCUT2D eigenvalue weighted by Crippen LogP contribution is -2.32. The fourth-order valence-electron chi connectivity index (χ4n) is 1.99. The normalized spacial score (nSPS) is 31.9. The third-order valence-corrected chi connectivity index (χ3v) is 2.67. The summed E-state index contributed by atoms with van der Waals surface area (Å²) in [7, 11) is 0. The van der Waals surface area contributed by atoms with Crippen LogP contribution in [-0.2, 0) is 9.47 Å². The molecule has 0 unspecified atom stereocenters. The molecule has 0 aromatic rings. The van der Waals surface area contributed by atoms with E-state index in [2.05, 4.69) is 0 Å². The predicted molar refractivity (Wildman–Crippen MR) is 45.0 cm³/mol. The number of hydrogen-bond donors (Lipinski definition) is 1. The molecule has 5 nitrogen and oxygen atoms in total. The summed E-state index contributed by atoms with van der Waals surface area (Å²) in [5.41, 5.74) is 5.11. The minimum atomic E-state index is -0.319. The van der Waals surface area contributed by atoms with Crippen molar-refractivity contribution >= 4 is 6.09 Å². The Bertz CT molecular complexity index is 198. The lowest BCUT2D eigenvalue weighted by atomic mass is 10.1. The number of fused-ring (bicyclic) bond motifs is 1. The summed E-state index contributed by atoms with van der Waals surface area (Å²) in [6.45, 7) is 2.19. The first-order chi connectivity index (χ1) is 6.31. The number of rotatable bonds is 1. The van der Waals surface area contributed by atoms with Gasteiger partial charge in [0.25, 0.3) is 0 Å². The van der Waals surface area contributed by atoms with Gasteiger partial charge in [-0.2, -0.15) is 0 Å². The lowest BCUT2D eigenvalue weighted by molar-refractivity contribution is 0.0832. The number of amides is 1. The molecule has 2 aliphatic rings. The van der Waals surface area contributed by atoms with Gasteiger partial charge in [0, 0.05) is 19.1 Å². The van der Waals surface area contributed by atoms with Gasteiger partial charge in [-0.15, -0.1) is 0 Å². The van der Waals surface area contributed by atoms with Crippen LogP contribution in [0.15, 0.2) is 0 Å². The fourth-order valence-corrected chi connectivity index (χ4v) is 1.99. The van der Waals surface area contributed by atoms with Crippen LogP contribution in [0.25, 0.3) is 0 Å². The zero-order valence-electron chi connectivity index (χ0n) is 7.44. The van der Waals surface area contributed by atoms with Crippen LogP contribution in [0.4, 0.5) is 4.79 Å².